The number of rotatable bonds is 4. The molecular formula is C14H21ClN2O2. The minimum absolute atomic E-state index is 0. The minimum atomic E-state index is -0.339. The number of benzene rings is 1. The van der Waals surface area contributed by atoms with Gasteiger partial charge < -0.3 is 15.4 Å². The Balaban J connectivity index is 0.00000180. The van der Waals surface area contributed by atoms with Gasteiger partial charge in [0.1, 0.15) is 0 Å². The molecule has 1 aliphatic heterocycles. The molecule has 0 aliphatic carbocycles. The van der Waals surface area contributed by atoms with Crippen LogP contribution in [0.4, 0.5) is 5.69 Å². The van der Waals surface area contributed by atoms with Gasteiger partial charge in [-0.1, -0.05) is 0 Å². The Morgan fingerprint density at radius 2 is 2.21 bits per heavy atom. The summed E-state index contributed by atoms with van der Waals surface area (Å²) in [6.07, 6.45) is 0.986. The number of ether oxygens (including phenoxy) is 1. The molecule has 1 heterocycles. The van der Waals surface area contributed by atoms with Gasteiger partial charge in [0.2, 0.25) is 0 Å². The van der Waals surface area contributed by atoms with Crippen LogP contribution in [0.1, 0.15) is 29.8 Å². The molecule has 1 aliphatic rings. The average Bonchev–Trinajstić information content (AvgIpc) is 2.83. The minimum Gasteiger partial charge on any atom is -0.384 e. The zero-order valence-corrected chi connectivity index (χ0v) is 12.4. The quantitative estimate of drug-likeness (QED) is 0.891. The zero-order chi connectivity index (χ0) is 13.2. The summed E-state index contributed by atoms with van der Waals surface area (Å²) in [4.78, 5) is 12.0. The summed E-state index contributed by atoms with van der Waals surface area (Å²) < 4.78 is 5.27. The summed E-state index contributed by atoms with van der Waals surface area (Å²) in [6.45, 7) is 5.34. The van der Waals surface area contributed by atoms with E-state index in [1.54, 1.807) is 7.11 Å². The first-order valence-corrected chi connectivity index (χ1v) is 6.22. The third kappa shape index (κ3) is 3.85. The molecule has 0 aromatic heterocycles. The fraction of sp³-hybridized carbons (Fsp3) is 0.500. The van der Waals surface area contributed by atoms with Crippen molar-refractivity contribution in [3.05, 3.63) is 29.3 Å². The molecule has 1 aromatic carbocycles. The summed E-state index contributed by atoms with van der Waals surface area (Å²) in [6, 6.07) is 5.79. The van der Waals surface area contributed by atoms with Crippen LogP contribution in [0.5, 0.6) is 0 Å². The van der Waals surface area contributed by atoms with Crippen molar-refractivity contribution in [3.8, 4) is 0 Å². The first-order valence-electron chi connectivity index (χ1n) is 6.22. The Morgan fingerprint density at radius 1 is 1.47 bits per heavy atom. The van der Waals surface area contributed by atoms with Crippen LogP contribution in [-0.2, 0) is 11.2 Å². The highest BCUT2D eigenvalue weighted by atomic mass is 35.5. The molecule has 106 valence electrons. The van der Waals surface area contributed by atoms with Crippen LogP contribution in [0, 0.1) is 0 Å². The Labute approximate surface area is 120 Å². The van der Waals surface area contributed by atoms with Gasteiger partial charge in [-0.2, -0.15) is 0 Å². The molecule has 1 aromatic rings. The smallest absolute Gasteiger partial charge is 0.251 e. The first kappa shape index (κ1) is 15.8. The van der Waals surface area contributed by atoms with Gasteiger partial charge in [-0.05, 0) is 44.0 Å². The van der Waals surface area contributed by atoms with Crippen LogP contribution in [-0.4, -0.2) is 31.7 Å². The van der Waals surface area contributed by atoms with Crippen molar-refractivity contribution in [2.75, 3.05) is 25.5 Å². The number of methoxy groups -OCH3 is 1. The number of carbonyl (C=O) groups excluding carboxylic acids is 1. The molecule has 19 heavy (non-hydrogen) atoms. The van der Waals surface area contributed by atoms with Crippen molar-refractivity contribution in [3.63, 3.8) is 0 Å². The Morgan fingerprint density at radius 3 is 2.89 bits per heavy atom. The highest BCUT2D eigenvalue weighted by molar-refractivity contribution is 5.95. The number of nitrogens with one attached hydrogen (secondary N) is 2. The van der Waals surface area contributed by atoms with Gasteiger partial charge in [0.15, 0.2) is 0 Å². The molecule has 0 unspecified atom stereocenters. The number of amides is 1. The van der Waals surface area contributed by atoms with E-state index in [0.717, 1.165) is 18.7 Å². The lowest BCUT2D eigenvalue weighted by molar-refractivity contribution is 0.0229. The van der Waals surface area contributed by atoms with Crippen molar-refractivity contribution in [2.24, 2.45) is 0 Å². The van der Waals surface area contributed by atoms with Crippen molar-refractivity contribution in [1.29, 1.82) is 0 Å². The van der Waals surface area contributed by atoms with Crippen molar-refractivity contribution in [1.82, 2.24) is 5.32 Å². The average molecular weight is 285 g/mol. The number of carbonyl (C=O) groups is 1. The SMILES string of the molecule is COC(C)(C)CNC(=O)c1ccc2c(c1)CCN2.Cl. The Kier molecular flexibility index (Phi) is 5.20. The third-order valence-electron chi connectivity index (χ3n) is 3.30. The monoisotopic (exact) mass is 284 g/mol. The van der Waals surface area contributed by atoms with Crippen molar-refractivity contribution < 1.29 is 9.53 Å². The standard InChI is InChI=1S/C14H20N2O2.ClH/c1-14(2,18-3)9-16-13(17)11-4-5-12-10(8-11)6-7-15-12;/h4-5,8,15H,6-7,9H2,1-3H3,(H,16,17);1H. The Bertz CT molecular complexity index is 461. The predicted octanol–water partition coefficient (Wildman–Crippen LogP) is 2.23. The van der Waals surface area contributed by atoms with Crippen molar-refractivity contribution in [2.45, 2.75) is 25.9 Å². The van der Waals surface area contributed by atoms with E-state index in [2.05, 4.69) is 10.6 Å². The molecule has 5 heteroatoms. The van der Waals surface area contributed by atoms with E-state index >= 15 is 0 Å². The van der Waals surface area contributed by atoms with Gasteiger partial charge >= 0.3 is 0 Å². The molecule has 2 N–H and O–H groups in total. The molecule has 0 spiro atoms. The molecule has 0 fully saturated rings. The van der Waals surface area contributed by atoms with E-state index in [-0.39, 0.29) is 23.9 Å². The molecule has 2 rings (SSSR count). The van der Waals surface area contributed by atoms with Gasteiger partial charge in [0.05, 0.1) is 5.60 Å². The first-order chi connectivity index (χ1) is 8.52. The second kappa shape index (κ2) is 6.26. The maximum Gasteiger partial charge on any atom is 0.251 e. The summed E-state index contributed by atoms with van der Waals surface area (Å²) in [5, 5.41) is 6.18. The maximum absolute atomic E-state index is 12.0. The number of fused-ring (bicyclic) bond motifs is 1. The highest BCUT2D eigenvalue weighted by Crippen LogP contribution is 2.22. The Hall–Kier alpha value is -1.26. The normalized spacial score (nSPS) is 13.2. The highest BCUT2D eigenvalue weighted by Gasteiger charge is 2.19. The lowest BCUT2D eigenvalue weighted by atomic mass is 10.1. The van der Waals surface area contributed by atoms with Crippen LogP contribution in [0.2, 0.25) is 0 Å². The van der Waals surface area contributed by atoms with Crippen LogP contribution in [0.3, 0.4) is 0 Å². The van der Waals surface area contributed by atoms with E-state index in [9.17, 15) is 4.79 Å². The third-order valence-corrected chi connectivity index (χ3v) is 3.30. The van der Waals surface area contributed by atoms with E-state index in [1.165, 1.54) is 5.56 Å². The molecule has 4 nitrogen and oxygen atoms in total. The van der Waals surface area contributed by atoms with Crippen LogP contribution in [0.15, 0.2) is 18.2 Å². The summed E-state index contributed by atoms with van der Waals surface area (Å²) in [5.74, 6) is -0.0465. The van der Waals surface area contributed by atoms with Crippen LogP contribution < -0.4 is 10.6 Å². The summed E-state index contributed by atoms with van der Waals surface area (Å²) in [7, 11) is 1.65. The second-order valence-electron chi connectivity index (χ2n) is 5.20. The zero-order valence-electron chi connectivity index (χ0n) is 11.6. The van der Waals surface area contributed by atoms with E-state index < -0.39 is 0 Å². The number of hydrogen-bond donors (Lipinski definition) is 2. The largest absolute Gasteiger partial charge is 0.384 e. The van der Waals surface area contributed by atoms with Crippen LogP contribution in [0.25, 0.3) is 0 Å². The molecule has 0 atom stereocenters. The molecule has 0 radical (unpaired) electrons. The van der Waals surface area contributed by atoms with E-state index in [0.29, 0.717) is 12.1 Å². The number of halogens is 1. The molecular weight excluding hydrogens is 264 g/mol. The fourth-order valence-corrected chi connectivity index (χ4v) is 1.91. The van der Waals surface area contributed by atoms with Crippen LogP contribution >= 0.6 is 12.4 Å². The topological polar surface area (TPSA) is 50.4 Å². The predicted molar refractivity (Wildman–Crippen MR) is 79.3 cm³/mol. The lowest BCUT2D eigenvalue weighted by Crippen LogP contribution is -2.39. The van der Waals surface area contributed by atoms with Crippen molar-refractivity contribution >= 4 is 24.0 Å². The van der Waals surface area contributed by atoms with E-state index in [1.807, 2.05) is 32.0 Å². The van der Waals surface area contributed by atoms with Gasteiger partial charge in [-0.25, -0.2) is 0 Å². The van der Waals surface area contributed by atoms with Gasteiger partial charge in [-0.15, -0.1) is 12.4 Å². The van der Waals surface area contributed by atoms with Gasteiger partial charge in [-0.3, -0.25) is 4.79 Å². The molecule has 1 amide bonds. The summed E-state index contributed by atoms with van der Waals surface area (Å²) >= 11 is 0. The molecule has 0 bridgehead atoms. The molecule has 0 saturated carbocycles. The van der Waals surface area contributed by atoms with Gasteiger partial charge in [0, 0.05) is 31.5 Å². The molecule has 0 saturated heterocycles. The number of hydrogen-bond acceptors (Lipinski definition) is 3. The number of anilines is 1. The second-order valence-corrected chi connectivity index (χ2v) is 5.20. The maximum atomic E-state index is 12.0. The summed E-state index contributed by atoms with van der Waals surface area (Å²) in [5.41, 5.74) is 2.73. The van der Waals surface area contributed by atoms with Gasteiger partial charge in [0.25, 0.3) is 5.91 Å². The lowest BCUT2D eigenvalue weighted by Gasteiger charge is -2.23. The van der Waals surface area contributed by atoms with E-state index in [4.69, 9.17) is 4.74 Å². The fourth-order valence-electron chi connectivity index (χ4n) is 1.91.